The van der Waals surface area contributed by atoms with E-state index >= 15 is 0 Å². The molecule has 0 saturated carbocycles. The third kappa shape index (κ3) is 2.83. The topological polar surface area (TPSA) is 96.4 Å². The molecular weight excluding hydrogens is 278 g/mol. The van der Waals surface area contributed by atoms with Gasteiger partial charge in [0.15, 0.2) is 0 Å². The fraction of sp³-hybridized carbons (Fsp3) is 0.462. The molecule has 1 heterocycles. The summed E-state index contributed by atoms with van der Waals surface area (Å²) in [6, 6.07) is 7.86. The van der Waals surface area contributed by atoms with Gasteiger partial charge >= 0.3 is 0 Å². The van der Waals surface area contributed by atoms with Gasteiger partial charge in [0, 0.05) is 19.1 Å². The monoisotopic (exact) mass is 295 g/mol. The number of hydrogen-bond donors (Lipinski definition) is 1. The molecule has 2 unspecified atom stereocenters. The first-order valence-electron chi connectivity index (χ1n) is 6.33. The molecule has 20 heavy (non-hydrogen) atoms. The number of ether oxygens (including phenoxy) is 1. The van der Waals surface area contributed by atoms with Crippen LogP contribution in [0.3, 0.4) is 0 Å². The Bertz CT molecular complexity index is 622. The standard InChI is InChI=1S/C13H17N3O3S/c1-10(15)12-9-16(6-7-19-12)20(17,18)13-5-3-2-4-11(13)8-14/h2-5,10,12H,6-7,9,15H2,1H3. The fourth-order valence-corrected chi connectivity index (χ4v) is 3.69. The first kappa shape index (κ1) is 14.9. The molecule has 2 rings (SSSR count). The molecule has 1 fully saturated rings. The van der Waals surface area contributed by atoms with Crippen molar-refractivity contribution in [2.45, 2.75) is 24.0 Å². The molecule has 6 nitrogen and oxygen atoms in total. The van der Waals surface area contributed by atoms with Gasteiger partial charge in [0.05, 0.1) is 23.2 Å². The van der Waals surface area contributed by atoms with Crippen LogP contribution < -0.4 is 5.73 Å². The number of rotatable bonds is 3. The maximum Gasteiger partial charge on any atom is 0.244 e. The van der Waals surface area contributed by atoms with Gasteiger partial charge in [-0.3, -0.25) is 0 Å². The van der Waals surface area contributed by atoms with E-state index in [2.05, 4.69) is 0 Å². The first-order chi connectivity index (χ1) is 9.46. The summed E-state index contributed by atoms with van der Waals surface area (Å²) in [7, 11) is -3.70. The minimum absolute atomic E-state index is 0.0350. The minimum Gasteiger partial charge on any atom is -0.374 e. The quantitative estimate of drug-likeness (QED) is 0.865. The van der Waals surface area contributed by atoms with E-state index < -0.39 is 10.0 Å². The van der Waals surface area contributed by atoms with Crippen LogP contribution in [-0.4, -0.2) is 44.6 Å². The van der Waals surface area contributed by atoms with E-state index in [0.29, 0.717) is 6.61 Å². The average Bonchev–Trinajstić information content (AvgIpc) is 2.47. The highest BCUT2D eigenvalue weighted by molar-refractivity contribution is 7.89. The van der Waals surface area contributed by atoms with Crippen molar-refractivity contribution in [2.24, 2.45) is 5.73 Å². The van der Waals surface area contributed by atoms with E-state index in [1.165, 1.54) is 16.4 Å². The number of nitriles is 1. The van der Waals surface area contributed by atoms with Crippen molar-refractivity contribution in [1.29, 1.82) is 5.26 Å². The maximum absolute atomic E-state index is 12.6. The highest BCUT2D eigenvalue weighted by Gasteiger charge is 2.33. The number of sulfonamides is 1. The van der Waals surface area contributed by atoms with Gasteiger partial charge in [-0.1, -0.05) is 12.1 Å². The molecule has 2 N–H and O–H groups in total. The summed E-state index contributed by atoms with van der Waals surface area (Å²) < 4.78 is 32.0. The minimum atomic E-state index is -3.70. The highest BCUT2D eigenvalue weighted by atomic mass is 32.2. The van der Waals surface area contributed by atoms with Gasteiger partial charge in [-0.05, 0) is 19.1 Å². The van der Waals surface area contributed by atoms with Gasteiger partial charge in [0.1, 0.15) is 6.07 Å². The van der Waals surface area contributed by atoms with E-state index in [4.69, 9.17) is 15.7 Å². The Balaban J connectivity index is 2.33. The van der Waals surface area contributed by atoms with Crippen LogP contribution in [0.5, 0.6) is 0 Å². The van der Waals surface area contributed by atoms with E-state index in [1.807, 2.05) is 6.07 Å². The second-order valence-electron chi connectivity index (χ2n) is 4.74. The van der Waals surface area contributed by atoms with E-state index in [0.717, 1.165) is 0 Å². The normalized spacial score (nSPS) is 22.1. The highest BCUT2D eigenvalue weighted by Crippen LogP contribution is 2.22. The predicted molar refractivity (Wildman–Crippen MR) is 73.3 cm³/mol. The molecule has 1 aromatic rings. The van der Waals surface area contributed by atoms with Crippen LogP contribution in [0.1, 0.15) is 12.5 Å². The molecule has 1 aliphatic heterocycles. The molecule has 1 saturated heterocycles. The van der Waals surface area contributed by atoms with E-state index in [1.54, 1.807) is 19.1 Å². The van der Waals surface area contributed by atoms with E-state index in [9.17, 15) is 8.42 Å². The summed E-state index contributed by atoms with van der Waals surface area (Å²) in [5.41, 5.74) is 5.92. The number of nitrogens with two attached hydrogens (primary N) is 1. The predicted octanol–water partition coefficient (Wildman–Crippen LogP) is 0.295. The molecule has 1 aromatic carbocycles. The lowest BCUT2D eigenvalue weighted by Gasteiger charge is -2.34. The SMILES string of the molecule is CC(N)C1CN(S(=O)(=O)c2ccccc2C#N)CCO1. The van der Waals surface area contributed by atoms with Crippen LogP contribution in [-0.2, 0) is 14.8 Å². The van der Waals surface area contributed by atoms with Crippen molar-refractivity contribution in [3.8, 4) is 6.07 Å². The summed E-state index contributed by atoms with van der Waals surface area (Å²) in [4.78, 5) is 0.0350. The summed E-state index contributed by atoms with van der Waals surface area (Å²) in [5.74, 6) is 0. The Labute approximate surface area is 118 Å². The third-order valence-corrected chi connectivity index (χ3v) is 5.19. The second-order valence-corrected chi connectivity index (χ2v) is 6.65. The molecule has 0 radical (unpaired) electrons. The van der Waals surface area contributed by atoms with Crippen LogP contribution >= 0.6 is 0 Å². The van der Waals surface area contributed by atoms with Crippen LogP contribution in [0.2, 0.25) is 0 Å². The second kappa shape index (κ2) is 5.89. The van der Waals surface area contributed by atoms with Crippen molar-refractivity contribution >= 4 is 10.0 Å². The molecule has 0 spiro atoms. The van der Waals surface area contributed by atoms with Crippen LogP contribution in [0.25, 0.3) is 0 Å². The smallest absolute Gasteiger partial charge is 0.244 e. The Morgan fingerprint density at radius 1 is 1.50 bits per heavy atom. The van der Waals surface area contributed by atoms with Crippen molar-refractivity contribution in [3.05, 3.63) is 29.8 Å². The van der Waals surface area contributed by atoms with Gasteiger partial charge in [0.25, 0.3) is 0 Å². The van der Waals surface area contributed by atoms with Crippen molar-refractivity contribution in [2.75, 3.05) is 19.7 Å². The summed E-state index contributed by atoms with van der Waals surface area (Å²) in [6.45, 7) is 2.56. The largest absolute Gasteiger partial charge is 0.374 e. The van der Waals surface area contributed by atoms with E-state index in [-0.39, 0.29) is 35.7 Å². The van der Waals surface area contributed by atoms with Crippen molar-refractivity contribution in [3.63, 3.8) is 0 Å². The Morgan fingerprint density at radius 2 is 2.20 bits per heavy atom. The molecule has 0 bridgehead atoms. The first-order valence-corrected chi connectivity index (χ1v) is 7.77. The zero-order chi connectivity index (χ0) is 14.8. The molecule has 2 atom stereocenters. The molecule has 0 amide bonds. The molecular formula is C13H17N3O3S. The third-order valence-electron chi connectivity index (χ3n) is 3.27. The molecule has 0 aromatic heterocycles. The van der Waals surface area contributed by atoms with Gasteiger partial charge in [-0.25, -0.2) is 8.42 Å². The van der Waals surface area contributed by atoms with Crippen molar-refractivity contribution < 1.29 is 13.2 Å². The summed E-state index contributed by atoms with van der Waals surface area (Å²) in [5, 5.41) is 9.04. The number of nitrogens with zero attached hydrogens (tertiary/aromatic N) is 2. The zero-order valence-electron chi connectivity index (χ0n) is 11.2. The van der Waals surface area contributed by atoms with Crippen LogP contribution in [0, 0.1) is 11.3 Å². The van der Waals surface area contributed by atoms with Gasteiger partial charge in [-0.2, -0.15) is 9.57 Å². The summed E-state index contributed by atoms with van der Waals surface area (Å²) >= 11 is 0. The van der Waals surface area contributed by atoms with Gasteiger partial charge in [0.2, 0.25) is 10.0 Å². The van der Waals surface area contributed by atoms with Gasteiger partial charge < -0.3 is 10.5 Å². The van der Waals surface area contributed by atoms with Gasteiger partial charge in [-0.15, -0.1) is 0 Å². The lowest BCUT2D eigenvalue weighted by atomic mass is 10.2. The van der Waals surface area contributed by atoms with Crippen LogP contribution in [0.4, 0.5) is 0 Å². The molecule has 0 aliphatic carbocycles. The van der Waals surface area contributed by atoms with Crippen molar-refractivity contribution in [1.82, 2.24) is 4.31 Å². The molecule has 7 heteroatoms. The fourth-order valence-electron chi connectivity index (χ4n) is 2.11. The number of morpholine rings is 1. The Kier molecular flexibility index (Phi) is 4.40. The summed E-state index contributed by atoms with van der Waals surface area (Å²) in [6.07, 6.45) is -0.326. The number of hydrogen-bond acceptors (Lipinski definition) is 5. The lowest BCUT2D eigenvalue weighted by Crippen LogP contribution is -2.51. The Morgan fingerprint density at radius 3 is 2.85 bits per heavy atom. The lowest BCUT2D eigenvalue weighted by molar-refractivity contribution is -0.0120. The molecule has 108 valence electrons. The maximum atomic E-state index is 12.6. The zero-order valence-corrected chi connectivity index (χ0v) is 12.0. The number of benzene rings is 1. The Hall–Kier alpha value is -1.46. The molecule has 1 aliphatic rings. The average molecular weight is 295 g/mol. The van der Waals surface area contributed by atoms with Crippen LogP contribution in [0.15, 0.2) is 29.2 Å².